The van der Waals surface area contributed by atoms with Gasteiger partial charge in [-0.3, -0.25) is 9.59 Å². The van der Waals surface area contributed by atoms with Crippen LogP contribution in [0.3, 0.4) is 0 Å². The molecule has 0 aliphatic carbocycles. The van der Waals surface area contributed by atoms with Crippen LogP contribution in [0.1, 0.15) is 15.9 Å². The van der Waals surface area contributed by atoms with Crippen LogP contribution in [0, 0.1) is 5.82 Å². The zero-order chi connectivity index (χ0) is 23.0. The van der Waals surface area contributed by atoms with Crippen molar-refractivity contribution in [3.63, 3.8) is 0 Å². The van der Waals surface area contributed by atoms with Crippen LogP contribution in [0.25, 0.3) is 0 Å². The topological polar surface area (TPSA) is 117 Å². The predicted molar refractivity (Wildman–Crippen MR) is 107 cm³/mol. The molecular weight excluding hydrogens is 411 g/mol. The number of nitrogens with two attached hydrogens (primary N) is 1. The van der Waals surface area contributed by atoms with Gasteiger partial charge in [0.15, 0.2) is 24.7 Å². The Morgan fingerprint density at radius 1 is 1.00 bits per heavy atom. The van der Waals surface area contributed by atoms with Crippen molar-refractivity contribution < 1.29 is 37.7 Å². The molecule has 31 heavy (non-hydrogen) atoms. The number of esters is 1. The monoisotopic (exact) mass is 434 g/mol. The van der Waals surface area contributed by atoms with E-state index in [0.717, 1.165) is 5.56 Å². The Kier molecular flexibility index (Phi) is 8.18. The molecule has 0 spiro atoms. The van der Waals surface area contributed by atoms with Crippen LogP contribution in [-0.2, 0) is 20.9 Å². The molecule has 9 nitrogen and oxygen atoms in total. The van der Waals surface area contributed by atoms with Crippen molar-refractivity contribution in [2.45, 2.75) is 6.54 Å². The average Bonchev–Trinajstić information content (AvgIpc) is 2.76. The molecule has 0 heterocycles. The second-order valence-corrected chi connectivity index (χ2v) is 6.42. The molecule has 166 valence electrons. The Morgan fingerprint density at radius 2 is 1.58 bits per heavy atom. The van der Waals surface area contributed by atoms with E-state index >= 15 is 0 Å². The molecule has 0 unspecified atom stereocenters. The summed E-state index contributed by atoms with van der Waals surface area (Å²) in [5.74, 6) is -1.98. The molecule has 0 saturated carbocycles. The molecule has 0 radical (unpaired) electrons. The van der Waals surface area contributed by atoms with Gasteiger partial charge in [-0.05, 0) is 29.8 Å². The summed E-state index contributed by atoms with van der Waals surface area (Å²) in [7, 11) is 4.22. The molecule has 0 fully saturated rings. The third-order valence-electron chi connectivity index (χ3n) is 4.14. The summed E-state index contributed by atoms with van der Waals surface area (Å²) >= 11 is 0. The summed E-state index contributed by atoms with van der Waals surface area (Å²) in [5.41, 5.74) is 5.85. The number of hydrogen-bond donors (Lipinski definition) is 1. The first-order chi connectivity index (χ1) is 14.7. The fourth-order valence-corrected chi connectivity index (χ4v) is 2.56. The molecule has 0 aliphatic heterocycles. The number of methoxy groups -OCH3 is 2. The maximum absolute atomic E-state index is 13.0. The third-order valence-corrected chi connectivity index (χ3v) is 4.14. The number of ether oxygens (including phenoxy) is 4. The first-order valence-electron chi connectivity index (χ1n) is 9.07. The SMILES string of the molecule is COc1cc(C(=O)OCC(=O)N(C)Cc2ccc(F)cc2)cc(OC)c1OCC(N)=O. The third kappa shape index (κ3) is 6.59. The van der Waals surface area contributed by atoms with E-state index in [4.69, 9.17) is 24.7 Å². The molecule has 0 atom stereocenters. The van der Waals surface area contributed by atoms with Crippen molar-refractivity contribution >= 4 is 17.8 Å². The van der Waals surface area contributed by atoms with E-state index in [9.17, 15) is 18.8 Å². The molecule has 2 aromatic carbocycles. The van der Waals surface area contributed by atoms with Crippen LogP contribution in [0.5, 0.6) is 17.2 Å². The van der Waals surface area contributed by atoms with Gasteiger partial charge in [0, 0.05) is 13.6 Å². The summed E-state index contributed by atoms with van der Waals surface area (Å²) < 4.78 is 33.7. The van der Waals surface area contributed by atoms with Crippen LogP contribution in [0.15, 0.2) is 36.4 Å². The van der Waals surface area contributed by atoms with E-state index in [-0.39, 0.29) is 35.2 Å². The van der Waals surface area contributed by atoms with Crippen LogP contribution >= 0.6 is 0 Å². The van der Waals surface area contributed by atoms with Gasteiger partial charge in [-0.2, -0.15) is 0 Å². The maximum atomic E-state index is 13.0. The lowest BCUT2D eigenvalue weighted by atomic mass is 10.2. The first-order valence-corrected chi connectivity index (χ1v) is 9.07. The van der Waals surface area contributed by atoms with E-state index in [1.165, 1.54) is 50.4 Å². The van der Waals surface area contributed by atoms with Gasteiger partial charge in [0.1, 0.15) is 5.82 Å². The van der Waals surface area contributed by atoms with Gasteiger partial charge >= 0.3 is 5.97 Å². The van der Waals surface area contributed by atoms with Gasteiger partial charge in [0.05, 0.1) is 19.8 Å². The number of benzene rings is 2. The number of amides is 2. The Morgan fingerprint density at radius 3 is 2.10 bits per heavy atom. The number of rotatable bonds is 10. The second-order valence-electron chi connectivity index (χ2n) is 6.42. The standard InChI is InChI=1S/C21H23FN2O7/c1-24(10-13-4-6-15(22)7-5-13)19(26)12-31-21(27)14-8-16(28-2)20(17(9-14)29-3)30-11-18(23)25/h4-9H,10-12H2,1-3H3,(H2,23,25). The van der Waals surface area contributed by atoms with Crippen molar-refractivity contribution in [1.29, 1.82) is 0 Å². The fraction of sp³-hybridized carbons (Fsp3) is 0.286. The highest BCUT2D eigenvalue weighted by atomic mass is 19.1. The van der Waals surface area contributed by atoms with Crippen molar-refractivity contribution in [2.24, 2.45) is 5.73 Å². The van der Waals surface area contributed by atoms with Crippen molar-refractivity contribution in [1.82, 2.24) is 4.90 Å². The molecule has 10 heteroatoms. The largest absolute Gasteiger partial charge is 0.493 e. The highest BCUT2D eigenvalue weighted by Gasteiger charge is 2.20. The van der Waals surface area contributed by atoms with E-state index in [1.807, 2.05) is 0 Å². The Balaban J connectivity index is 2.04. The zero-order valence-corrected chi connectivity index (χ0v) is 17.3. The number of carbonyl (C=O) groups is 3. The number of carbonyl (C=O) groups excluding carboxylic acids is 3. The lowest BCUT2D eigenvalue weighted by Crippen LogP contribution is -2.30. The minimum absolute atomic E-state index is 0.0501. The van der Waals surface area contributed by atoms with Gasteiger partial charge in [-0.25, -0.2) is 9.18 Å². The van der Waals surface area contributed by atoms with Gasteiger partial charge in [-0.1, -0.05) is 12.1 Å². The van der Waals surface area contributed by atoms with Gasteiger partial charge < -0.3 is 29.6 Å². The molecule has 2 amide bonds. The fourth-order valence-electron chi connectivity index (χ4n) is 2.56. The van der Waals surface area contributed by atoms with Gasteiger partial charge in [0.2, 0.25) is 5.75 Å². The van der Waals surface area contributed by atoms with Crippen LogP contribution < -0.4 is 19.9 Å². The molecule has 0 bridgehead atoms. The van der Waals surface area contributed by atoms with Gasteiger partial charge in [-0.15, -0.1) is 0 Å². The number of hydrogen-bond acceptors (Lipinski definition) is 7. The van der Waals surface area contributed by atoms with Crippen molar-refractivity contribution in [3.8, 4) is 17.2 Å². The summed E-state index contributed by atoms with van der Waals surface area (Å²) in [6.07, 6.45) is 0. The smallest absolute Gasteiger partial charge is 0.338 e. The minimum atomic E-state index is -0.790. The summed E-state index contributed by atoms with van der Waals surface area (Å²) in [4.78, 5) is 37.0. The minimum Gasteiger partial charge on any atom is -0.493 e. The zero-order valence-electron chi connectivity index (χ0n) is 17.3. The molecule has 0 aliphatic rings. The summed E-state index contributed by atoms with van der Waals surface area (Å²) in [6.45, 7) is -0.684. The predicted octanol–water partition coefficient (Wildman–Crippen LogP) is 1.52. The summed E-state index contributed by atoms with van der Waals surface area (Å²) in [6, 6.07) is 8.37. The van der Waals surface area contributed by atoms with E-state index in [2.05, 4.69) is 0 Å². The van der Waals surface area contributed by atoms with Crippen LogP contribution in [-0.4, -0.2) is 57.2 Å². The average molecular weight is 434 g/mol. The molecular formula is C21H23FN2O7. The quantitative estimate of drug-likeness (QED) is 0.564. The lowest BCUT2D eigenvalue weighted by molar-refractivity contribution is -0.133. The van der Waals surface area contributed by atoms with Gasteiger partial charge in [0.25, 0.3) is 11.8 Å². The van der Waals surface area contributed by atoms with E-state index in [1.54, 1.807) is 12.1 Å². The van der Waals surface area contributed by atoms with E-state index in [0.29, 0.717) is 0 Å². The Bertz CT molecular complexity index is 922. The van der Waals surface area contributed by atoms with Crippen LogP contribution in [0.2, 0.25) is 0 Å². The molecule has 2 aromatic rings. The highest BCUT2D eigenvalue weighted by molar-refractivity contribution is 5.93. The molecule has 2 N–H and O–H groups in total. The second kappa shape index (κ2) is 10.8. The number of halogens is 1. The number of primary amides is 1. The maximum Gasteiger partial charge on any atom is 0.338 e. The van der Waals surface area contributed by atoms with Crippen molar-refractivity contribution in [2.75, 3.05) is 34.5 Å². The highest BCUT2D eigenvalue weighted by Crippen LogP contribution is 2.38. The lowest BCUT2D eigenvalue weighted by Gasteiger charge is -2.18. The summed E-state index contributed by atoms with van der Waals surface area (Å²) in [5, 5.41) is 0. The number of likely N-dealkylation sites (N-methyl/N-ethyl adjacent to an activating group) is 1. The van der Waals surface area contributed by atoms with E-state index < -0.39 is 31.0 Å². The van der Waals surface area contributed by atoms with Crippen molar-refractivity contribution in [3.05, 3.63) is 53.3 Å². The molecule has 0 aromatic heterocycles. The Hall–Kier alpha value is -3.82. The number of nitrogens with zero attached hydrogens (tertiary/aromatic N) is 1. The Labute approximate surface area is 178 Å². The molecule has 0 saturated heterocycles. The first kappa shape index (κ1) is 23.5. The molecule has 2 rings (SSSR count). The van der Waals surface area contributed by atoms with Crippen LogP contribution in [0.4, 0.5) is 4.39 Å². The normalized spacial score (nSPS) is 10.2.